The Morgan fingerprint density at radius 3 is 1.36 bits per heavy atom. The normalized spacial score (nSPS) is 27.1. The fourth-order valence-electron chi connectivity index (χ4n) is 4.97. The Morgan fingerprint density at radius 2 is 1.14 bits per heavy atom. The van der Waals surface area contributed by atoms with Crippen LogP contribution in [0.1, 0.15) is 80.1 Å². The Balaban J connectivity index is 0.000000151. The molecule has 160 valence electrons. The summed E-state index contributed by atoms with van der Waals surface area (Å²) in [7, 11) is 0. The molecule has 2 amide bonds. The number of rotatable bonds is 3. The number of carbonyl (C=O) groups excluding carboxylic acids is 2. The van der Waals surface area contributed by atoms with Crippen molar-refractivity contribution < 1.29 is 9.59 Å². The molecule has 3 saturated heterocycles. The van der Waals surface area contributed by atoms with Gasteiger partial charge in [-0.2, -0.15) is 0 Å². The molecular formula is C23H41N3O2. The van der Waals surface area contributed by atoms with Crippen molar-refractivity contribution in [1.82, 2.24) is 14.7 Å². The van der Waals surface area contributed by atoms with Gasteiger partial charge in [0.2, 0.25) is 0 Å². The summed E-state index contributed by atoms with van der Waals surface area (Å²) in [5.74, 6) is -0.417. The van der Waals surface area contributed by atoms with E-state index in [1.807, 2.05) is 13.8 Å². The minimum atomic E-state index is -0.208. The summed E-state index contributed by atoms with van der Waals surface area (Å²) >= 11 is 0. The Hall–Kier alpha value is -1.20. The van der Waals surface area contributed by atoms with Gasteiger partial charge in [0.05, 0.1) is 0 Å². The maximum absolute atomic E-state index is 10.8. The molecule has 0 aliphatic carbocycles. The van der Waals surface area contributed by atoms with Crippen molar-refractivity contribution >= 4 is 11.8 Å². The Labute approximate surface area is 172 Å². The van der Waals surface area contributed by atoms with Crippen LogP contribution in [0.25, 0.3) is 0 Å². The number of nitrogens with zero attached hydrogens (tertiary/aromatic N) is 3. The summed E-state index contributed by atoms with van der Waals surface area (Å²) in [6.45, 7) is 15.5. The summed E-state index contributed by atoms with van der Waals surface area (Å²) in [5, 5.41) is 0. The van der Waals surface area contributed by atoms with E-state index >= 15 is 0 Å². The van der Waals surface area contributed by atoms with E-state index in [4.69, 9.17) is 0 Å². The lowest BCUT2D eigenvalue weighted by Gasteiger charge is -2.25. The van der Waals surface area contributed by atoms with E-state index in [0.717, 1.165) is 24.2 Å². The molecule has 28 heavy (non-hydrogen) atoms. The molecule has 0 aromatic carbocycles. The van der Waals surface area contributed by atoms with Gasteiger partial charge in [0.1, 0.15) is 0 Å². The van der Waals surface area contributed by atoms with Crippen molar-refractivity contribution in [2.75, 3.05) is 13.1 Å². The van der Waals surface area contributed by atoms with E-state index < -0.39 is 0 Å². The van der Waals surface area contributed by atoms with Crippen LogP contribution in [0.4, 0.5) is 0 Å². The van der Waals surface area contributed by atoms with E-state index in [1.54, 1.807) is 0 Å². The Bertz CT molecular complexity index is 512. The molecule has 4 aliphatic rings. The van der Waals surface area contributed by atoms with Crippen molar-refractivity contribution in [3.05, 3.63) is 12.2 Å². The number of fused-ring (bicyclic) bond motifs is 2. The molecule has 0 atom stereocenters. The van der Waals surface area contributed by atoms with Gasteiger partial charge in [-0.25, -0.2) is 0 Å². The van der Waals surface area contributed by atoms with Crippen LogP contribution in [0.15, 0.2) is 12.2 Å². The molecule has 2 bridgehead atoms. The molecule has 0 N–H and O–H groups in total. The predicted octanol–water partition coefficient (Wildman–Crippen LogP) is 3.83. The first-order chi connectivity index (χ1) is 13.2. The van der Waals surface area contributed by atoms with Crippen LogP contribution in [-0.4, -0.2) is 69.8 Å². The topological polar surface area (TPSA) is 43.9 Å². The number of amides is 2. The average molecular weight is 392 g/mol. The lowest BCUT2D eigenvalue weighted by atomic mass is 10.0. The SMILES string of the molecule is CC(C)N1C(=O)C=CC1=O.CC(C)N1C2CCC1CC2.CC(C)N1CCCC1. The van der Waals surface area contributed by atoms with Gasteiger partial charge < -0.3 is 4.90 Å². The maximum atomic E-state index is 10.8. The van der Waals surface area contributed by atoms with Crippen LogP contribution in [0.2, 0.25) is 0 Å². The largest absolute Gasteiger partial charge is 0.301 e. The first-order valence-electron chi connectivity index (χ1n) is 11.3. The molecule has 0 spiro atoms. The Kier molecular flexibility index (Phi) is 8.69. The zero-order valence-electron chi connectivity index (χ0n) is 18.9. The van der Waals surface area contributed by atoms with Crippen molar-refractivity contribution in [3.63, 3.8) is 0 Å². The van der Waals surface area contributed by atoms with Gasteiger partial charge in [-0.05, 0) is 93.2 Å². The molecule has 3 fully saturated rings. The van der Waals surface area contributed by atoms with Crippen LogP contribution in [-0.2, 0) is 9.59 Å². The molecule has 0 radical (unpaired) electrons. The summed E-state index contributed by atoms with van der Waals surface area (Å²) in [5.41, 5.74) is 0. The molecule has 0 aromatic heterocycles. The van der Waals surface area contributed by atoms with Gasteiger partial charge in [-0.3, -0.25) is 19.4 Å². The standard InChI is InChI=1S/C9H17N.C7H9NO2.C7H15N/c1-7(2)10-8-3-4-9(10)6-5-8;1-5(2)8-6(9)3-4-7(8)10;1-7(2)8-5-3-4-6-8/h7-9H,3-6H2,1-2H3;3-5H,1-2H3;7H,3-6H2,1-2H3. The van der Waals surface area contributed by atoms with Crippen molar-refractivity contribution in [2.24, 2.45) is 0 Å². The molecule has 5 nitrogen and oxygen atoms in total. The number of hydrogen-bond acceptors (Lipinski definition) is 4. The molecule has 4 heterocycles. The van der Waals surface area contributed by atoms with Gasteiger partial charge in [-0.15, -0.1) is 0 Å². The molecule has 4 rings (SSSR count). The highest BCUT2D eigenvalue weighted by Gasteiger charge is 2.40. The number of imide groups is 1. The lowest BCUT2D eigenvalue weighted by Crippen LogP contribution is -2.36. The average Bonchev–Trinajstić information content (AvgIpc) is 3.40. The van der Waals surface area contributed by atoms with Crippen LogP contribution < -0.4 is 0 Å². The van der Waals surface area contributed by atoms with Gasteiger partial charge >= 0.3 is 0 Å². The van der Waals surface area contributed by atoms with Gasteiger partial charge in [0.25, 0.3) is 11.8 Å². The van der Waals surface area contributed by atoms with Gasteiger partial charge in [-0.1, -0.05) is 0 Å². The van der Waals surface area contributed by atoms with E-state index in [2.05, 4.69) is 37.5 Å². The van der Waals surface area contributed by atoms with E-state index in [-0.39, 0.29) is 17.9 Å². The molecule has 0 aromatic rings. The summed E-state index contributed by atoms with van der Waals surface area (Å²) < 4.78 is 0. The van der Waals surface area contributed by atoms with E-state index in [9.17, 15) is 9.59 Å². The van der Waals surface area contributed by atoms with Crippen molar-refractivity contribution in [3.8, 4) is 0 Å². The second kappa shape index (κ2) is 10.5. The molecule has 0 saturated carbocycles. The molecule has 5 heteroatoms. The van der Waals surface area contributed by atoms with Crippen LogP contribution in [0, 0.1) is 0 Å². The second-order valence-electron chi connectivity index (χ2n) is 9.31. The monoisotopic (exact) mass is 391 g/mol. The van der Waals surface area contributed by atoms with Crippen molar-refractivity contribution in [1.29, 1.82) is 0 Å². The Morgan fingerprint density at radius 1 is 0.714 bits per heavy atom. The highest BCUT2D eigenvalue weighted by molar-refractivity contribution is 6.13. The zero-order valence-corrected chi connectivity index (χ0v) is 18.9. The summed E-state index contributed by atoms with van der Waals surface area (Å²) in [6, 6.07) is 3.46. The minimum Gasteiger partial charge on any atom is -0.301 e. The maximum Gasteiger partial charge on any atom is 0.253 e. The highest BCUT2D eigenvalue weighted by Crippen LogP contribution is 2.38. The predicted molar refractivity (Wildman–Crippen MR) is 115 cm³/mol. The first-order valence-corrected chi connectivity index (χ1v) is 11.3. The zero-order chi connectivity index (χ0) is 20.8. The van der Waals surface area contributed by atoms with Crippen molar-refractivity contribution in [2.45, 2.75) is 110 Å². The fraction of sp³-hybridized carbons (Fsp3) is 0.826. The number of likely N-dealkylation sites (tertiary alicyclic amines) is 1. The minimum absolute atomic E-state index is 0.0324. The molecule has 4 aliphatic heterocycles. The fourth-order valence-corrected chi connectivity index (χ4v) is 4.97. The van der Waals surface area contributed by atoms with Crippen LogP contribution in [0.5, 0.6) is 0 Å². The molecule has 0 unspecified atom stereocenters. The smallest absolute Gasteiger partial charge is 0.253 e. The second-order valence-corrected chi connectivity index (χ2v) is 9.31. The first kappa shape index (κ1) is 23.1. The highest BCUT2D eigenvalue weighted by atomic mass is 16.2. The molecular weight excluding hydrogens is 350 g/mol. The van der Waals surface area contributed by atoms with E-state index in [1.165, 1.54) is 68.7 Å². The van der Waals surface area contributed by atoms with Crippen LogP contribution in [0.3, 0.4) is 0 Å². The van der Waals surface area contributed by atoms with Gasteiger partial charge in [0, 0.05) is 42.4 Å². The van der Waals surface area contributed by atoms with Gasteiger partial charge in [0.15, 0.2) is 0 Å². The third kappa shape index (κ3) is 5.90. The summed E-state index contributed by atoms with van der Waals surface area (Å²) in [4.78, 5) is 28.2. The summed E-state index contributed by atoms with van der Waals surface area (Å²) in [6.07, 6.45) is 11.3. The van der Waals surface area contributed by atoms with E-state index in [0.29, 0.717) is 0 Å². The third-order valence-electron chi connectivity index (χ3n) is 6.34. The quantitative estimate of drug-likeness (QED) is 0.686. The number of carbonyl (C=O) groups is 2. The number of hydrogen-bond donors (Lipinski definition) is 0. The van der Waals surface area contributed by atoms with Crippen LogP contribution >= 0.6 is 0 Å². The lowest BCUT2D eigenvalue weighted by molar-refractivity contribution is -0.138. The third-order valence-corrected chi connectivity index (χ3v) is 6.34.